The molecular weight excluding hydrogens is 350 g/mol. The van der Waals surface area contributed by atoms with Crippen LogP contribution >= 0.6 is 0 Å². The Balaban J connectivity index is 1.69. The molecule has 1 aliphatic rings. The van der Waals surface area contributed by atoms with Gasteiger partial charge in [-0.2, -0.15) is 0 Å². The van der Waals surface area contributed by atoms with Crippen LogP contribution in [0.25, 0.3) is 11.3 Å². The molecule has 1 aromatic heterocycles. The minimum Gasteiger partial charge on any atom is -0.352 e. The molecule has 0 aliphatic carbocycles. The predicted molar refractivity (Wildman–Crippen MR) is 111 cm³/mol. The van der Waals surface area contributed by atoms with E-state index in [1.165, 1.54) is 0 Å². The van der Waals surface area contributed by atoms with Crippen LogP contribution < -0.4 is 5.32 Å². The molecule has 1 aromatic carbocycles. The molecular formula is C23H27N3O2. The lowest BCUT2D eigenvalue weighted by atomic mass is 10.1. The topological polar surface area (TPSA) is 62.3 Å². The van der Waals surface area contributed by atoms with Gasteiger partial charge >= 0.3 is 0 Å². The van der Waals surface area contributed by atoms with Crippen LogP contribution in [0.15, 0.2) is 54.7 Å². The van der Waals surface area contributed by atoms with Crippen LogP contribution in [-0.2, 0) is 0 Å². The highest BCUT2D eigenvalue weighted by Crippen LogP contribution is 2.22. The van der Waals surface area contributed by atoms with E-state index in [0.717, 1.165) is 30.5 Å². The van der Waals surface area contributed by atoms with Crippen LogP contribution in [-0.4, -0.2) is 40.8 Å². The Morgan fingerprint density at radius 1 is 1.11 bits per heavy atom. The van der Waals surface area contributed by atoms with E-state index >= 15 is 0 Å². The van der Waals surface area contributed by atoms with Gasteiger partial charge < -0.3 is 10.2 Å². The van der Waals surface area contributed by atoms with Gasteiger partial charge in [-0.1, -0.05) is 44.1 Å². The van der Waals surface area contributed by atoms with Crippen molar-refractivity contribution >= 4 is 11.8 Å². The largest absolute Gasteiger partial charge is 0.352 e. The van der Waals surface area contributed by atoms with Crippen molar-refractivity contribution in [2.75, 3.05) is 13.1 Å². The summed E-state index contributed by atoms with van der Waals surface area (Å²) >= 11 is 0. The number of carbonyl (C=O) groups is 2. The fourth-order valence-corrected chi connectivity index (χ4v) is 3.38. The summed E-state index contributed by atoms with van der Waals surface area (Å²) in [6.45, 7) is 5.31. The Morgan fingerprint density at radius 3 is 2.50 bits per heavy atom. The Hall–Kier alpha value is -2.95. The summed E-state index contributed by atoms with van der Waals surface area (Å²) in [4.78, 5) is 31.0. The van der Waals surface area contributed by atoms with Crippen molar-refractivity contribution in [2.45, 2.75) is 39.2 Å². The second-order valence-electron chi connectivity index (χ2n) is 6.96. The number of nitrogens with zero attached hydrogens (tertiary/aromatic N) is 2. The zero-order valence-corrected chi connectivity index (χ0v) is 16.5. The highest BCUT2D eigenvalue weighted by molar-refractivity contribution is 5.95. The molecule has 2 aromatic rings. The normalized spacial score (nSPS) is 15.6. The minimum atomic E-state index is -0.126. The van der Waals surface area contributed by atoms with Crippen LogP contribution in [0.1, 0.15) is 53.8 Å². The van der Waals surface area contributed by atoms with Crippen molar-refractivity contribution < 1.29 is 9.59 Å². The number of aromatic nitrogens is 1. The SMILES string of the molecule is CCCCC1C=CCN1C(=O)c1ccc(-c2ccc(C(=O)NCC)cn2)cc1. The van der Waals surface area contributed by atoms with Crippen molar-refractivity contribution in [3.05, 3.63) is 65.9 Å². The van der Waals surface area contributed by atoms with Gasteiger partial charge in [0, 0.05) is 30.4 Å². The molecule has 1 N–H and O–H groups in total. The molecule has 5 heteroatoms. The zero-order chi connectivity index (χ0) is 19.9. The number of hydrogen-bond donors (Lipinski definition) is 1. The molecule has 1 unspecified atom stereocenters. The molecule has 146 valence electrons. The Morgan fingerprint density at radius 2 is 1.86 bits per heavy atom. The standard InChI is InChI=1S/C23H27N3O2/c1-3-5-7-20-8-6-15-26(20)23(28)18-11-9-17(10-12-18)21-14-13-19(16-25-21)22(27)24-4-2/h6,8-14,16,20H,3-5,7,15H2,1-2H3,(H,24,27). The number of pyridine rings is 1. The Labute approximate surface area is 166 Å². The van der Waals surface area contributed by atoms with E-state index in [2.05, 4.69) is 29.4 Å². The van der Waals surface area contributed by atoms with Gasteiger partial charge in [-0.05, 0) is 37.6 Å². The van der Waals surface area contributed by atoms with Gasteiger partial charge in [0.2, 0.25) is 0 Å². The molecule has 3 rings (SSSR count). The summed E-state index contributed by atoms with van der Waals surface area (Å²) in [6, 6.07) is 11.3. The van der Waals surface area contributed by atoms with Crippen molar-refractivity contribution in [1.82, 2.24) is 15.2 Å². The van der Waals surface area contributed by atoms with Crippen LogP contribution in [0, 0.1) is 0 Å². The second kappa shape index (κ2) is 9.31. The smallest absolute Gasteiger partial charge is 0.254 e. The highest BCUT2D eigenvalue weighted by Gasteiger charge is 2.25. The molecule has 0 saturated heterocycles. The first kappa shape index (κ1) is 19.8. The van der Waals surface area contributed by atoms with E-state index in [1.807, 2.05) is 42.2 Å². The average molecular weight is 377 g/mol. The van der Waals surface area contributed by atoms with Gasteiger partial charge in [0.1, 0.15) is 0 Å². The lowest BCUT2D eigenvalue weighted by Gasteiger charge is -2.24. The van der Waals surface area contributed by atoms with E-state index in [1.54, 1.807) is 12.3 Å². The monoisotopic (exact) mass is 377 g/mol. The van der Waals surface area contributed by atoms with Crippen LogP contribution in [0.4, 0.5) is 0 Å². The summed E-state index contributed by atoms with van der Waals surface area (Å²) in [5.41, 5.74) is 2.92. The number of nitrogens with one attached hydrogen (secondary N) is 1. The average Bonchev–Trinajstić information content (AvgIpc) is 3.20. The number of benzene rings is 1. The van der Waals surface area contributed by atoms with Crippen molar-refractivity contribution in [2.24, 2.45) is 0 Å². The summed E-state index contributed by atoms with van der Waals surface area (Å²) in [5.74, 6) is -0.0588. The summed E-state index contributed by atoms with van der Waals surface area (Å²) < 4.78 is 0. The quantitative estimate of drug-likeness (QED) is 0.740. The first-order valence-corrected chi connectivity index (χ1v) is 9.96. The maximum absolute atomic E-state index is 12.9. The van der Waals surface area contributed by atoms with E-state index in [0.29, 0.717) is 24.2 Å². The van der Waals surface area contributed by atoms with Gasteiger partial charge in [-0.25, -0.2) is 0 Å². The molecule has 5 nitrogen and oxygen atoms in total. The second-order valence-corrected chi connectivity index (χ2v) is 6.96. The van der Waals surface area contributed by atoms with Gasteiger partial charge in [0.15, 0.2) is 0 Å². The van der Waals surface area contributed by atoms with Crippen LogP contribution in [0.5, 0.6) is 0 Å². The first-order valence-electron chi connectivity index (χ1n) is 9.96. The molecule has 1 aliphatic heterocycles. The van der Waals surface area contributed by atoms with Crippen LogP contribution in [0.2, 0.25) is 0 Å². The molecule has 0 bridgehead atoms. The maximum Gasteiger partial charge on any atom is 0.254 e. The third-order valence-corrected chi connectivity index (χ3v) is 4.97. The maximum atomic E-state index is 12.9. The molecule has 0 saturated carbocycles. The summed E-state index contributed by atoms with van der Waals surface area (Å²) in [6.07, 6.45) is 9.06. The Kier molecular flexibility index (Phi) is 6.58. The van der Waals surface area contributed by atoms with Gasteiger partial charge in [-0.15, -0.1) is 0 Å². The molecule has 0 radical (unpaired) electrons. The van der Waals surface area contributed by atoms with Gasteiger partial charge in [0.25, 0.3) is 11.8 Å². The first-order chi connectivity index (χ1) is 13.6. The van der Waals surface area contributed by atoms with E-state index in [-0.39, 0.29) is 17.9 Å². The minimum absolute atomic E-state index is 0.0668. The fourth-order valence-electron chi connectivity index (χ4n) is 3.38. The predicted octanol–water partition coefficient (Wildman–Crippen LogP) is 4.07. The number of rotatable bonds is 7. The molecule has 2 heterocycles. The molecule has 0 fully saturated rings. The van der Waals surface area contributed by atoms with E-state index in [4.69, 9.17) is 0 Å². The van der Waals surface area contributed by atoms with Gasteiger partial charge in [0.05, 0.1) is 17.3 Å². The summed E-state index contributed by atoms with van der Waals surface area (Å²) in [7, 11) is 0. The van der Waals surface area contributed by atoms with Crippen LogP contribution in [0.3, 0.4) is 0 Å². The van der Waals surface area contributed by atoms with Crippen molar-refractivity contribution in [3.63, 3.8) is 0 Å². The fraction of sp³-hybridized carbons (Fsp3) is 0.348. The van der Waals surface area contributed by atoms with Crippen molar-refractivity contribution in [1.29, 1.82) is 0 Å². The van der Waals surface area contributed by atoms with E-state index in [9.17, 15) is 9.59 Å². The van der Waals surface area contributed by atoms with E-state index < -0.39 is 0 Å². The lowest BCUT2D eigenvalue weighted by molar-refractivity contribution is 0.0743. The molecule has 2 amide bonds. The van der Waals surface area contributed by atoms with Crippen molar-refractivity contribution in [3.8, 4) is 11.3 Å². The lowest BCUT2D eigenvalue weighted by Crippen LogP contribution is -2.36. The molecule has 28 heavy (non-hydrogen) atoms. The molecule has 1 atom stereocenters. The number of carbonyl (C=O) groups excluding carboxylic acids is 2. The number of unbranched alkanes of at least 4 members (excludes halogenated alkanes) is 1. The van der Waals surface area contributed by atoms with Gasteiger partial charge in [-0.3, -0.25) is 14.6 Å². The Bertz CT molecular complexity index is 841. The highest BCUT2D eigenvalue weighted by atomic mass is 16.2. The number of hydrogen-bond acceptors (Lipinski definition) is 3. The number of amides is 2. The summed E-state index contributed by atoms with van der Waals surface area (Å²) in [5, 5.41) is 2.76. The molecule has 0 spiro atoms. The third kappa shape index (κ3) is 4.47. The third-order valence-electron chi connectivity index (χ3n) is 4.97. The zero-order valence-electron chi connectivity index (χ0n) is 16.5.